The molecule has 1 atom stereocenters. The fourth-order valence-electron chi connectivity index (χ4n) is 2.65. The maximum atomic E-state index is 11.9. The maximum absolute atomic E-state index is 11.9. The smallest absolute Gasteiger partial charge is 0.267 e. The molecule has 0 aliphatic carbocycles. The van der Waals surface area contributed by atoms with Gasteiger partial charge in [0.1, 0.15) is 6.10 Å². The van der Waals surface area contributed by atoms with E-state index in [0.29, 0.717) is 18.6 Å². The third-order valence-electron chi connectivity index (χ3n) is 4.39. The number of rotatable bonds is 19. The first-order valence-corrected chi connectivity index (χ1v) is 12.2. The minimum atomic E-state index is -3.57. The van der Waals surface area contributed by atoms with Crippen molar-refractivity contribution in [1.29, 1.82) is 0 Å². The summed E-state index contributed by atoms with van der Waals surface area (Å²) in [6.07, 6.45) is 9.43. The van der Waals surface area contributed by atoms with Gasteiger partial charge in [-0.3, -0.25) is 4.18 Å². The second-order valence-electron chi connectivity index (χ2n) is 7.06. The predicted octanol–water partition coefficient (Wildman–Crippen LogP) is 5.14. The summed E-state index contributed by atoms with van der Waals surface area (Å²) in [4.78, 5) is 10.1. The first-order valence-electron chi connectivity index (χ1n) is 10.7. The average Bonchev–Trinajstić information content (AvgIpc) is 2.73. The molecule has 0 spiro atoms. The van der Waals surface area contributed by atoms with Crippen LogP contribution in [0.3, 0.4) is 0 Å². The molecule has 1 aromatic carbocycles. The van der Waals surface area contributed by atoms with Crippen LogP contribution in [0, 0.1) is 0 Å². The second-order valence-corrected chi connectivity index (χ2v) is 8.82. The number of unbranched alkanes of at least 4 members (excludes halogenated alkanes) is 7. The van der Waals surface area contributed by atoms with E-state index in [1.807, 2.05) is 13.0 Å². The Morgan fingerprint density at radius 1 is 0.833 bits per heavy atom. The predicted molar refractivity (Wildman–Crippen MR) is 117 cm³/mol. The van der Waals surface area contributed by atoms with Crippen molar-refractivity contribution >= 4 is 39.7 Å². The van der Waals surface area contributed by atoms with Gasteiger partial charge in [-0.25, -0.2) is 0 Å². The quantitative estimate of drug-likeness (QED) is 0.0940. The summed E-state index contributed by atoms with van der Waals surface area (Å²) in [7, 11) is -3.57. The topological polar surface area (TPSA) is 80.3 Å². The number of benzene rings is 1. The van der Waals surface area contributed by atoms with Gasteiger partial charge >= 0.3 is 0 Å². The zero-order chi connectivity index (χ0) is 21.2. The molecular weight excluding hydrogens is 419 g/mol. The molecule has 0 bridgehead atoms. The zero-order valence-corrected chi connectivity index (χ0v) is 21.5. The molecule has 0 amide bonds. The molecule has 0 aromatic heterocycles. The van der Waals surface area contributed by atoms with Crippen LogP contribution < -0.4 is 4.89 Å². The van der Waals surface area contributed by atoms with E-state index in [4.69, 9.17) is 14.0 Å². The van der Waals surface area contributed by atoms with Crippen molar-refractivity contribution in [3.05, 3.63) is 30.3 Å². The Labute approximate surface area is 204 Å². The molecule has 0 saturated carbocycles. The van der Waals surface area contributed by atoms with Crippen molar-refractivity contribution in [3.63, 3.8) is 0 Å². The maximum Gasteiger partial charge on any atom is 0.267 e. The van der Waals surface area contributed by atoms with Crippen LogP contribution in [-0.4, -0.2) is 56.4 Å². The largest absolute Gasteiger partial charge is 0.306 e. The molecule has 9 heteroatoms. The summed E-state index contributed by atoms with van der Waals surface area (Å²) in [5, 5.41) is 9.25. The summed E-state index contributed by atoms with van der Waals surface area (Å²) in [6.45, 7) is 4.01. The molecule has 1 radical (unpaired) electrons. The Morgan fingerprint density at radius 2 is 1.47 bits per heavy atom. The zero-order valence-electron chi connectivity index (χ0n) is 18.7. The van der Waals surface area contributed by atoms with Crippen molar-refractivity contribution in [2.75, 3.05) is 12.4 Å². The van der Waals surface area contributed by atoms with Crippen molar-refractivity contribution in [2.45, 2.75) is 84.2 Å². The van der Waals surface area contributed by atoms with Gasteiger partial charge in [-0.1, -0.05) is 83.4 Å². The Balaban J connectivity index is 0.00000841. The van der Waals surface area contributed by atoms with Gasteiger partial charge in [-0.05, 0) is 30.0 Å². The average molecular weight is 456 g/mol. The van der Waals surface area contributed by atoms with E-state index in [1.165, 1.54) is 25.7 Å². The second kappa shape index (κ2) is 19.5. The number of hydrogen-bond donors (Lipinski definition) is 0. The molecule has 0 fully saturated rings. The molecule has 0 heterocycles. The van der Waals surface area contributed by atoms with Gasteiger partial charge < -0.3 is 4.89 Å². The minimum Gasteiger partial charge on any atom is -0.306 e. The Kier molecular flexibility index (Phi) is 19.4. The normalized spacial score (nSPS) is 12.3. The summed E-state index contributed by atoms with van der Waals surface area (Å²) in [5.74, 6) is 0.459. The van der Waals surface area contributed by atoms with Crippen LogP contribution in [0.25, 0.3) is 0 Å². The van der Waals surface area contributed by atoms with Gasteiger partial charge in [-0.15, -0.1) is 0 Å². The standard InChI is InChI=1S/C21H36O7S.Na/c1-3-5-7-8-9-10-12-17-21(19-24-29(22,23)18-6-4-2)26-28-27-25-20-15-13-11-14-16-20;/h11,13-16,21H,3-10,12,17-19H2,1-2H3;. The van der Waals surface area contributed by atoms with Gasteiger partial charge in [0.05, 0.1) is 12.4 Å². The Hall–Kier alpha value is -0.190. The van der Waals surface area contributed by atoms with Crippen molar-refractivity contribution in [1.82, 2.24) is 0 Å². The third kappa shape index (κ3) is 16.5. The van der Waals surface area contributed by atoms with E-state index in [-0.39, 0.29) is 41.9 Å². The summed E-state index contributed by atoms with van der Waals surface area (Å²) < 4.78 is 28.9. The van der Waals surface area contributed by atoms with Gasteiger partial charge in [-0.2, -0.15) is 13.3 Å². The van der Waals surface area contributed by atoms with Gasteiger partial charge in [0.2, 0.25) is 0 Å². The molecule has 1 rings (SSSR count). The first kappa shape index (κ1) is 29.8. The molecule has 1 unspecified atom stereocenters. The number of hydrogen-bond acceptors (Lipinski definition) is 7. The molecular formula is C21H36NaO7S. The Bertz CT molecular complexity index is 599. The van der Waals surface area contributed by atoms with E-state index >= 15 is 0 Å². The van der Waals surface area contributed by atoms with E-state index in [2.05, 4.69) is 17.0 Å². The minimum absolute atomic E-state index is 0. The fraction of sp³-hybridized carbons (Fsp3) is 0.714. The van der Waals surface area contributed by atoms with Crippen molar-refractivity contribution in [3.8, 4) is 5.75 Å². The van der Waals surface area contributed by atoms with Crippen LogP contribution in [0.5, 0.6) is 5.75 Å². The summed E-state index contributed by atoms with van der Waals surface area (Å²) in [5.41, 5.74) is 0. The van der Waals surface area contributed by atoms with E-state index in [0.717, 1.165) is 25.7 Å². The molecule has 0 saturated heterocycles. The van der Waals surface area contributed by atoms with Crippen LogP contribution in [0.4, 0.5) is 0 Å². The van der Waals surface area contributed by atoms with E-state index in [1.54, 1.807) is 24.3 Å². The molecule has 30 heavy (non-hydrogen) atoms. The monoisotopic (exact) mass is 455 g/mol. The third-order valence-corrected chi connectivity index (χ3v) is 5.67. The van der Waals surface area contributed by atoms with Crippen molar-refractivity contribution in [2.24, 2.45) is 0 Å². The Morgan fingerprint density at radius 3 is 2.13 bits per heavy atom. The van der Waals surface area contributed by atoms with E-state index in [9.17, 15) is 8.42 Å². The molecule has 169 valence electrons. The van der Waals surface area contributed by atoms with Crippen LogP contribution >= 0.6 is 0 Å². The fourth-order valence-corrected chi connectivity index (χ4v) is 3.77. The molecule has 0 aliphatic heterocycles. The van der Waals surface area contributed by atoms with Gasteiger partial charge in [0.25, 0.3) is 10.1 Å². The molecule has 0 N–H and O–H groups in total. The summed E-state index contributed by atoms with van der Waals surface area (Å²) >= 11 is 0. The molecule has 0 aliphatic rings. The van der Waals surface area contributed by atoms with Crippen LogP contribution in [0.2, 0.25) is 0 Å². The number of para-hydroxylation sites is 1. The van der Waals surface area contributed by atoms with E-state index < -0.39 is 16.2 Å². The first-order chi connectivity index (χ1) is 14.1. The summed E-state index contributed by atoms with van der Waals surface area (Å²) in [6, 6.07) is 8.82. The molecule has 7 nitrogen and oxygen atoms in total. The van der Waals surface area contributed by atoms with Crippen LogP contribution in [0.15, 0.2) is 30.3 Å². The van der Waals surface area contributed by atoms with Gasteiger partial charge in [0, 0.05) is 34.6 Å². The van der Waals surface area contributed by atoms with Gasteiger partial charge in [0.15, 0.2) is 5.75 Å². The molecule has 1 aromatic rings. The van der Waals surface area contributed by atoms with Crippen LogP contribution in [-0.2, 0) is 29.3 Å². The van der Waals surface area contributed by atoms with Crippen molar-refractivity contribution < 1.29 is 32.5 Å². The van der Waals surface area contributed by atoms with Crippen LogP contribution in [0.1, 0.15) is 78.1 Å². The SMILES string of the molecule is CCCCCCCCCC(COS(=O)(=O)CCCC)OOOOc1ccccc1.[Na].